The van der Waals surface area contributed by atoms with Crippen LogP contribution in [0.3, 0.4) is 0 Å². The fourth-order valence-electron chi connectivity index (χ4n) is 1.80. The van der Waals surface area contributed by atoms with Gasteiger partial charge in [0.05, 0.1) is 0 Å². The van der Waals surface area contributed by atoms with Crippen LogP contribution in [0.5, 0.6) is 11.5 Å². The summed E-state index contributed by atoms with van der Waals surface area (Å²) in [6.07, 6.45) is 0. The van der Waals surface area contributed by atoms with E-state index in [9.17, 15) is 10.2 Å². The van der Waals surface area contributed by atoms with Crippen molar-refractivity contribution in [2.24, 2.45) is 0 Å². The van der Waals surface area contributed by atoms with Gasteiger partial charge in [-0.2, -0.15) is 0 Å². The summed E-state index contributed by atoms with van der Waals surface area (Å²) < 4.78 is 0. The van der Waals surface area contributed by atoms with Crippen molar-refractivity contribution in [1.29, 1.82) is 0 Å². The molecule has 0 saturated heterocycles. The van der Waals surface area contributed by atoms with E-state index in [1.807, 2.05) is 32.0 Å². The Morgan fingerprint density at radius 3 is 2.06 bits per heavy atom. The summed E-state index contributed by atoms with van der Waals surface area (Å²) in [4.78, 5) is 0. The third-order valence-corrected chi connectivity index (χ3v) is 2.61. The predicted octanol–water partition coefficient (Wildman–Crippen LogP) is 3.38. The molecule has 2 aromatic rings. The second kappa shape index (κ2) is 3.89. The first-order valence-corrected chi connectivity index (χ1v) is 5.17. The van der Waals surface area contributed by atoms with Gasteiger partial charge in [-0.3, -0.25) is 0 Å². The van der Waals surface area contributed by atoms with E-state index in [2.05, 4.69) is 0 Å². The first-order chi connectivity index (χ1) is 7.56. The molecule has 2 heteroatoms. The number of hydrogen-bond donors (Lipinski definition) is 2. The molecule has 0 unspecified atom stereocenters. The highest BCUT2D eigenvalue weighted by atomic mass is 16.3. The lowest BCUT2D eigenvalue weighted by Crippen LogP contribution is -1.84. The van der Waals surface area contributed by atoms with Crippen molar-refractivity contribution in [3.05, 3.63) is 47.5 Å². The van der Waals surface area contributed by atoms with Crippen LogP contribution in [-0.4, -0.2) is 10.2 Å². The molecule has 0 aliphatic heterocycles. The zero-order valence-electron chi connectivity index (χ0n) is 9.36. The highest BCUT2D eigenvalue weighted by Gasteiger charge is 2.05. The van der Waals surface area contributed by atoms with Crippen LogP contribution in [0, 0.1) is 13.8 Å². The average Bonchev–Trinajstić information content (AvgIpc) is 2.20. The van der Waals surface area contributed by atoms with E-state index in [1.165, 1.54) is 6.07 Å². The summed E-state index contributed by atoms with van der Waals surface area (Å²) in [7, 11) is 0. The molecule has 2 rings (SSSR count). The van der Waals surface area contributed by atoms with Crippen molar-refractivity contribution < 1.29 is 10.2 Å². The summed E-state index contributed by atoms with van der Waals surface area (Å²) in [5, 5.41) is 18.9. The smallest absolute Gasteiger partial charge is 0.119 e. The fraction of sp³-hybridized carbons (Fsp3) is 0.143. The number of benzene rings is 2. The first-order valence-electron chi connectivity index (χ1n) is 5.17. The zero-order valence-corrected chi connectivity index (χ0v) is 9.36. The number of rotatable bonds is 1. The Labute approximate surface area is 94.8 Å². The van der Waals surface area contributed by atoms with E-state index in [0.29, 0.717) is 0 Å². The number of aromatic hydroxyl groups is 2. The maximum Gasteiger partial charge on any atom is 0.119 e. The van der Waals surface area contributed by atoms with E-state index >= 15 is 0 Å². The van der Waals surface area contributed by atoms with E-state index in [1.54, 1.807) is 12.1 Å². The van der Waals surface area contributed by atoms with Gasteiger partial charge in [0.2, 0.25) is 0 Å². The summed E-state index contributed by atoms with van der Waals surface area (Å²) in [5.74, 6) is 0.159. The minimum atomic E-state index is 0.0795. The van der Waals surface area contributed by atoms with Gasteiger partial charge >= 0.3 is 0 Å². The van der Waals surface area contributed by atoms with Gasteiger partial charge in [-0.25, -0.2) is 0 Å². The van der Waals surface area contributed by atoms with Crippen LogP contribution in [0.1, 0.15) is 11.1 Å². The van der Waals surface area contributed by atoms with Crippen molar-refractivity contribution in [2.45, 2.75) is 13.8 Å². The lowest BCUT2D eigenvalue weighted by Gasteiger charge is -2.08. The minimum Gasteiger partial charge on any atom is -0.508 e. The molecule has 0 aliphatic rings. The molecular formula is C14H14O2. The average molecular weight is 214 g/mol. The minimum absolute atomic E-state index is 0.0795. The SMILES string of the molecule is Cc1ccc(C)c(-c2cc(O)cc(O)c2)c1. The second-order valence-electron chi connectivity index (χ2n) is 4.06. The number of phenolic OH excluding ortho intramolecular Hbond substituents is 2. The molecule has 0 atom stereocenters. The highest BCUT2D eigenvalue weighted by molar-refractivity contribution is 5.70. The normalized spacial score (nSPS) is 10.4. The Hall–Kier alpha value is -1.96. The summed E-state index contributed by atoms with van der Waals surface area (Å²) in [6, 6.07) is 10.8. The zero-order chi connectivity index (χ0) is 11.7. The second-order valence-corrected chi connectivity index (χ2v) is 4.06. The van der Waals surface area contributed by atoms with Gasteiger partial charge in [-0.1, -0.05) is 23.8 Å². The molecule has 0 amide bonds. The summed E-state index contributed by atoms with van der Waals surface area (Å²) >= 11 is 0. The molecular weight excluding hydrogens is 200 g/mol. The Kier molecular flexibility index (Phi) is 2.57. The van der Waals surface area contributed by atoms with Crippen LogP contribution in [0.15, 0.2) is 36.4 Å². The Balaban J connectivity index is 2.62. The van der Waals surface area contributed by atoms with Crippen molar-refractivity contribution in [3.63, 3.8) is 0 Å². The molecule has 16 heavy (non-hydrogen) atoms. The third kappa shape index (κ3) is 2.01. The Bertz CT molecular complexity index is 510. The number of phenols is 2. The standard InChI is InChI=1S/C14H14O2/c1-9-3-4-10(2)14(5-9)11-6-12(15)8-13(16)7-11/h3-8,15-16H,1-2H3. The fourth-order valence-corrected chi connectivity index (χ4v) is 1.80. The van der Waals surface area contributed by atoms with Gasteiger partial charge in [0.25, 0.3) is 0 Å². The Morgan fingerprint density at radius 1 is 0.812 bits per heavy atom. The molecule has 0 aliphatic carbocycles. The molecule has 0 heterocycles. The molecule has 0 radical (unpaired) electrons. The van der Waals surface area contributed by atoms with Gasteiger partial charge in [0, 0.05) is 6.07 Å². The van der Waals surface area contributed by atoms with E-state index in [4.69, 9.17) is 0 Å². The molecule has 0 fully saturated rings. The largest absolute Gasteiger partial charge is 0.508 e. The number of aryl methyl sites for hydroxylation is 2. The quantitative estimate of drug-likeness (QED) is 0.764. The number of hydrogen-bond acceptors (Lipinski definition) is 2. The molecule has 2 nitrogen and oxygen atoms in total. The molecule has 82 valence electrons. The molecule has 0 bridgehead atoms. The van der Waals surface area contributed by atoms with Crippen LogP contribution < -0.4 is 0 Å². The van der Waals surface area contributed by atoms with Gasteiger partial charge in [0.1, 0.15) is 11.5 Å². The molecule has 0 saturated carbocycles. The van der Waals surface area contributed by atoms with Crippen LogP contribution in [0.4, 0.5) is 0 Å². The van der Waals surface area contributed by atoms with E-state index in [-0.39, 0.29) is 11.5 Å². The van der Waals surface area contributed by atoms with Gasteiger partial charge in [-0.05, 0) is 42.7 Å². The lowest BCUT2D eigenvalue weighted by molar-refractivity contribution is 0.451. The van der Waals surface area contributed by atoms with Crippen LogP contribution >= 0.6 is 0 Å². The van der Waals surface area contributed by atoms with E-state index in [0.717, 1.165) is 22.3 Å². The Morgan fingerprint density at radius 2 is 1.44 bits per heavy atom. The molecule has 2 aromatic carbocycles. The van der Waals surface area contributed by atoms with Crippen molar-refractivity contribution in [3.8, 4) is 22.6 Å². The van der Waals surface area contributed by atoms with Crippen LogP contribution in [-0.2, 0) is 0 Å². The predicted molar refractivity (Wildman–Crippen MR) is 64.7 cm³/mol. The molecule has 0 spiro atoms. The molecule has 2 N–H and O–H groups in total. The summed E-state index contributed by atoms with van der Waals surface area (Å²) in [5.41, 5.74) is 4.14. The van der Waals surface area contributed by atoms with Crippen molar-refractivity contribution >= 4 is 0 Å². The topological polar surface area (TPSA) is 40.5 Å². The van der Waals surface area contributed by atoms with Gasteiger partial charge < -0.3 is 10.2 Å². The maximum absolute atomic E-state index is 9.46. The van der Waals surface area contributed by atoms with Crippen LogP contribution in [0.25, 0.3) is 11.1 Å². The monoisotopic (exact) mass is 214 g/mol. The lowest BCUT2D eigenvalue weighted by atomic mass is 9.98. The first kappa shape index (κ1) is 10.6. The van der Waals surface area contributed by atoms with Crippen molar-refractivity contribution in [2.75, 3.05) is 0 Å². The van der Waals surface area contributed by atoms with Gasteiger partial charge in [0.15, 0.2) is 0 Å². The van der Waals surface area contributed by atoms with Gasteiger partial charge in [-0.15, -0.1) is 0 Å². The summed E-state index contributed by atoms with van der Waals surface area (Å²) in [6.45, 7) is 4.03. The highest BCUT2D eigenvalue weighted by Crippen LogP contribution is 2.30. The van der Waals surface area contributed by atoms with Crippen LogP contribution in [0.2, 0.25) is 0 Å². The molecule has 0 aromatic heterocycles. The maximum atomic E-state index is 9.46. The third-order valence-electron chi connectivity index (χ3n) is 2.61. The van der Waals surface area contributed by atoms with Crippen molar-refractivity contribution in [1.82, 2.24) is 0 Å². The van der Waals surface area contributed by atoms with E-state index < -0.39 is 0 Å².